The Labute approximate surface area is 182 Å². The molecule has 0 N–H and O–H groups in total. The van der Waals surface area contributed by atoms with Gasteiger partial charge in [0.15, 0.2) is 0 Å². The SMILES string of the molecule is COC(=O)C1=C(C(=O)OC)N(c2cccc(-c3nc(-c4cccnc4)cs3)c2)COC1. The minimum Gasteiger partial charge on any atom is -0.466 e. The molecule has 0 fully saturated rings. The van der Waals surface area contributed by atoms with Gasteiger partial charge in [0.25, 0.3) is 0 Å². The number of nitrogens with zero attached hydrogens (tertiary/aromatic N) is 3. The first kappa shape index (κ1) is 20.7. The van der Waals surface area contributed by atoms with Crippen molar-refractivity contribution in [1.29, 1.82) is 0 Å². The minimum atomic E-state index is -0.637. The van der Waals surface area contributed by atoms with Crippen molar-refractivity contribution >= 4 is 29.0 Å². The lowest BCUT2D eigenvalue weighted by Crippen LogP contribution is -2.38. The predicted molar refractivity (Wildman–Crippen MR) is 115 cm³/mol. The Hall–Kier alpha value is -3.56. The number of anilines is 1. The van der Waals surface area contributed by atoms with Crippen LogP contribution in [0.4, 0.5) is 5.69 Å². The first-order chi connectivity index (χ1) is 15.1. The molecule has 0 amide bonds. The van der Waals surface area contributed by atoms with Crippen molar-refractivity contribution in [1.82, 2.24) is 9.97 Å². The van der Waals surface area contributed by atoms with E-state index < -0.39 is 11.9 Å². The summed E-state index contributed by atoms with van der Waals surface area (Å²) in [5.41, 5.74) is 3.52. The summed E-state index contributed by atoms with van der Waals surface area (Å²) in [6.07, 6.45) is 3.48. The lowest BCUT2D eigenvalue weighted by molar-refractivity contribution is -0.140. The van der Waals surface area contributed by atoms with Crippen molar-refractivity contribution in [3.8, 4) is 21.8 Å². The molecule has 1 aromatic carbocycles. The van der Waals surface area contributed by atoms with Gasteiger partial charge < -0.3 is 19.1 Å². The maximum atomic E-state index is 12.5. The van der Waals surface area contributed by atoms with Crippen LogP contribution in [0.15, 0.2) is 65.4 Å². The Morgan fingerprint density at radius 1 is 1.10 bits per heavy atom. The zero-order valence-electron chi connectivity index (χ0n) is 16.9. The monoisotopic (exact) mass is 437 g/mol. The van der Waals surface area contributed by atoms with E-state index in [-0.39, 0.29) is 24.6 Å². The zero-order valence-corrected chi connectivity index (χ0v) is 17.7. The van der Waals surface area contributed by atoms with Crippen LogP contribution in [0.2, 0.25) is 0 Å². The van der Waals surface area contributed by atoms with Crippen LogP contribution < -0.4 is 4.90 Å². The van der Waals surface area contributed by atoms with Gasteiger partial charge >= 0.3 is 11.9 Å². The van der Waals surface area contributed by atoms with E-state index in [0.717, 1.165) is 21.8 Å². The number of hydrogen-bond donors (Lipinski definition) is 0. The van der Waals surface area contributed by atoms with Gasteiger partial charge in [-0.2, -0.15) is 0 Å². The zero-order chi connectivity index (χ0) is 21.8. The molecule has 3 heterocycles. The normalized spacial score (nSPS) is 13.8. The second-order valence-electron chi connectivity index (χ2n) is 6.55. The Morgan fingerprint density at radius 2 is 1.90 bits per heavy atom. The topological polar surface area (TPSA) is 90.9 Å². The minimum absolute atomic E-state index is 0.0335. The third-order valence-electron chi connectivity index (χ3n) is 4.70. The van der Waals surface area contributed by atoms with E-state index in [0.29, 0.717) is 5.69 Å². The van der Waals surface area contributed by atoms with Gasteiger partial charge in [-0.25, -0.2) is 14.6 Å². The number of methoxy groups -OCH3 is 2. The number of thiazole rings is 1. The Balaban J connectivity index is 1.71. The molecule has 3 aromatic rings. The van der Waals surface area contributed by atoms with Crippen molar-refractivity contribution in [3.05, 3.63) is 65.4 Å². The molecule has 1 aliphatic rings. The van der Waals surface area contributed by atoms with Gasteiger partial charge in [-0.05, 0) is 24.3 Å². The molecule has 0 radical (unpaired) electrons. The first-order valence-electron chi connectivity index (χ1n) is 9.33. The van der Waals surface area contributed by atoms with Crippen LogP contribution in [-0.4, -0.2) is 49.5 Å². The van der Waals surface area contributed by atoms with Gasteiger partial charge in [0.2, 0.25) is 0 Å². The van der Waals surface area contributed by atoms with Crippen LogP contribution in [0.25, 0.3) is 21.8 Å². The average molecular weight is 437 g/mol. The molecule has 0 spiro atoms. The van der Waals surface area contributed by atoms with Crippen molar-refractivity contribution < 1.29 is 23.8 Å². The van der Waals surface area contributed by atoms with Gasteiger partial charge in [-0.3, -0.25) is 4.98 Å². The van der Waals surface area contributed by atoms with Gasteiger partial charge in [0.1, 0.15) is 17.4 Å². The molecule has 0 unspecified atom stereocenters. The Morgan fingerprint density at radius 3 is 2.65 bits per heavy atom. The maximum absolute atomic E-state index is 12.5. The second kappa shape index (κ2) is 9.07. The number of rotatable bonds is 5. The summed E-state index contributed by atoms with van der Waals surface area (Å²) in [5.74, 6) is -1.27. The lowest BCUT2D eigenvalue weighted by Gasteiger charge is -2.31. The summed E-state index contributed by atoms with van der Waals surface area (Å²) in [6.45, 7) is 0.0570. The van der Waals surface area contributed by atoms with Gasteiger partial charge in [-0.1, -0.05) is 12.1 Å². The third kappa shape index (κ3) is 4.18. The molecule has 8 nitrogen and oxygen atoms in total. The third-order valence-corrected chi connectivity index (χ3v) is 5.59. The van der Waals surface area contributed by atoms with E-state index in [2.05, 4.69) is 4.98 Å². The van der Waals surface area contributed by atoms with Crippen LogP contribution in [0.1, 0.15) is 0 Å². The lowest BCUT2D eigenvalue weighted by atomic mass is 10.1. The molecule has 0 bridgehead atoms. The Kier molecular flexibility index (Phi) is 6.06. The molecule has 0 saturated carbocycles. The highest BCUT2D eigenvalue weighted by atomic mass is 32.1. The molecule has 9 heteroatoms. The number of ether oxygens (including phenoxy) is 3. The van der Waals surface area contributed by atoms with Crippen LogP contribution in [0.5, 0.6) is 0 Å². The molecule has 0 atom stereocenters. The highest BCUT2D eigenvalue weighted by molar-refractivity contribution is 7.13. The number of pyridine rings is 1. The van der Waals surface area contributed by atoms with E-state index in [1.165, 1.54) is 25.6 Å². The predicted octanol–water partition coefficient (Wildman–Crippen LogP) is 3.27. The summed E-state index contributed by atoms with van der Waals surface area (Å²) in [7, 11) is 2.52. The Bertz CT molecular complexity index is 1140. The van der Waals surface area contributed by atoms with Gasteiger partial charge in [-0.15, -0.1) is 11.3 Å². The molecule has 31 heavy (non-hydrogen) atoms. The maximum Gasteiger partial charge on any atom is 0.355 e. The smallest absolute Gasteiger partial charge is 0.355 e. The van der Waals surface area contributed by atoms with E-state index in [1.54, 1.807) is 17.3 Å². The number of hydrogen-bond acceptors (Lipinski definition) is 9. The molecule has 2 aromatic heterocycles. The van der Waals surface area contributed by atoms with E-state index in [9.17, 15) is 9.59 Å². The van der Waals surface area contributed by atoms with E-state index >= 15 is 0 Å². The standard InChI is InChI=1S/C22H19N3O5S/c1-28-21(26)17-11-30-13-25(19(17)22(27)29-2)16-7-3-5-14(9-16)20-24-18(12-31-20)15-6-4-8-23-10-15/h3-10,12H,11,13H2,1-2H3. The van der Waals surface area contributed by atoms with Crippen molar-refractivity contribution in [2.75, 3.05) is 32.5 Å². The fraction of sp³-hybridized carbons (Fsp3) is 0.182. The summed E-state index contributed by atoms with van der Waals surface area (Å²) in [4.78, 5) is 35.1. The van der Waals surface area contributed by atoms with E-state index in [4.69, 9.17) is 19.2 Å². The number of carbonyl (C=O) groups excluding carboxylic acids is 2. The highest BCUT2D eigenvalue weighted by Crippen LogP contribution is 2.33. The summed E-state index contributed by atoms with van der Waals surface area (Å²) in [6, 6.07) is 11.3. The first-order valence-corrected chi connectivity index (χ1v) is 10.2. The molecular weight excluding hydrogens is 418 g/mol. The highest BCUT2D eigenvalue weighted by Gasteiger charge is 2.32. The number of esters is 2. The molecule has 0 saturated heterocycles. The fourth-order valence-corrected chi connectivity index (χ4v) is 4.03. The summed E-state index contributed by atoms with van der Waals surface area (Å²) < 4.78 is 15.3. The summed E-state index contributed by atoms with van der Waals surface area (Å²) in [5, 5.41) is 2.79. The van der Waals surface area contributed by atoms with Crippen LogP contribution >= 0.6 is 11.3 Å². The number of aromatic nitrogens is 2. The van der Waals surface area contributed by atoms with Crippen LogP contribution in [0.3, 0.4) is 0 Å². The fourth-order valence-electron chi connectivity index (χ4n) is 3.21. The van der Waals surface area contributed by atoms with Gasteiger partial charge in [0.05, 0.1) is 32.1 Å². The molecule has 158 valence electrons. The number of benzene rings is 1. The molecular formula is C22H19N3O5S. The van der Waals surface area contributed by atoms with Crippen molar-refractivity contribution in [2.45, 2.75) is 0 Å². The second-order valence-corrected chi connectivity index (χ2v) is 7.40. The molecule has 0 aliphatic carbocycles. The summed E-state index contributed by atoms with van der Waals surface area (Å²) >= 11 is 1.51. The quantitative estimate of drug-likeness (QED) is 0.562. The van der Waals surface area contributed by atoms with E-state index in [1.807, 2.05) is 41.8 Å². The molecule has 1 aliphatic heterocycles. The van der Waals surface area contributed by atoms with Crippen LogP contribution in [-0.2, 0) is 23.8 Å². The van der Waals surface area contributed by atoms with Crippen LogP contribution in [0, 0.1) is 0 Å². The number of carbonyl (C=O) groups is 2. The van der Waals surface area contributed by atoms with Crippen molar-refractivity contribution in [3.63, 3.8) is 0 Å². The average Bonchev–Trinajstić information content (AvgIpc) is 3.33. The molecule has 4 rings (SSSR count). The van der Waals surface area contributed by atoms with Gasteiger partial charge in [0, 0.05) is 34.6 Å². The largest absolute Gasteiger partial charge is 0.466 e. The van der Waals surface area contributed by atoms with Crippen molar-refractivity contribution in [2.24, 2.45) is 0 Å².